The molecule has 1 aliphatic rings. The van der Waals surface area contributed by atoms with Crippen LogP contribution in [0.25, 0.3) is 0 Å². The quantitative estimate of drug-likeness (QED) is 0.704. The highest BCUT2D eigenvalue weighted by molar-refractivity contribution is 7.87. The predicted molar refractivity (Wildman–Crippen MR) is 93.0 cm³/mol. The van der Waals surface area contributed by atoms with Gasteiger partial charge in [0.1, 0.15) is 22.5 Å². The van der Waals surface area contributed by atoms with Crippen molar-refractivity contribution < 1.29 is 17.3 Å². The van der Waals surface area contributed by atoms with E-state index in [-0.39, 0.29) is 16.2 Å². The normalized spacial score (nSPS) is 13.9. The van der Waals surface area contributed by atoms with Crippen molar-refractivity contribution in [2.45, 2.75) is 31.1 Å². The highest BCUT2D eigenvalue weighted by atomic mass is 32.2. The van der Waals surface area contributed by atoms with Gasteiger partial charge in [0.15, 0.2) is 0 Å². The Morgan fingerprint density at radius 2 is 1.88 bits per heavy atom. The molecule has 1 saturated carbocycles. The van der Waals surface area contributed by atoms with E-state index in [2.05, 4.69) is 0 Å². The average Bonchev–Trinajstić information content (AvgIpc) is 3.38. The van der Waals surface area contributed by atoms with Crippen molar-refractivity contribution in [3.63, 3.8) is 0 Å². The Hall–Kier alpha value is -2.52. The second-order valence-corrected chi connectivity index (χ2v) is 7.72. The van der Waals surface area contributed by atoms with Gasteiger partial charge >= 0.3 is 10.1 Å². The van der Waals surface area contributed by atoms with Crippen LogP contribution in [0.5, 0.6) is 11.5 Å². The molecule has 1 aliphatic carbocycles. The molecule has 0 aliphatic heterocycles. The molecule has 25 heavy (non-hydrogen) atoms. The molecule has 0 spiro atoms. The predicted octanol–water partition coefficient (Wildman–Crippen LogP) is 3.81. The van der Waals surface area contributed by atoms with Gasteiger partial charge in [-0.3, -0.25) is 0 Å². The summed E-state index contributed by atoms with van der Waals surface area (Å²) in [6.07, 6.45) is 3.54. The molecule has 0 bridgehead atoms. The van der Waals surface area contributed by atoms with Crippen LogP contribution in [0.4, 0.5) is 0 Å². The van der Waals surface area contributed by atoms with Gasteiger partial charge in [-0.2, -0.15) is 13.7 Å². The maximum atomic E-state index is 12.5. The van der Waals surface area contributed by atoms with Gasteiger partial charge in [0.05, 0.1) is 12.2 Å². The van der Waals surface area contributed by atoms with Crippen LogP contribution < -0.4 is 8.92 Å². The lowest BCUT2D eigenvalue weighted by atomic mass is 10.2. The number of hydrogen-bond donors (Lipinski definition) is 0. The highest BCUT2D eigenvalue weighted by Crippen LogP contribution is 2.33. The van der Waals surface area contributed by atoms with E-state index >= 15 is 0 Å². The lowest BCUT2D eigenvalue weighted by Crippen LogP contribution is -2.11. The Bertz CT molecular complexity index is 911. The maximum absolute atomic E-state index is 12.5. The molecule has 0 radical (unpaired) electrons. The van der Waals surface area contributed by atoms with E-state index in [0.717, 1.165) is 17.9 Å². The standard InChI is InChI=1S/C19H19NO4S/c1-14-10-17(23-9-8-15-6-7-15)12-18(11-14)24-25(21,22)19-5-3-2-4-16(19)13-20/h2-5,10-12,15H,6-9H2,1H3. The molecule has 3 rings (SSSR count). The number of hydrogen-bond acceptors (Lipinski definition) is 5. The van der Waals surface area contributed by atoms with Crippen molar-refractivity contribution in [1.29, 1.82) is 5.26 Å². The van der Waals surface area contributed by atoms with E-state index < -0.39 is 10.1 Å². The van der Waals surface area contributed by atoms with Crippen LogP contribution >= 0.6 is 0 Å². The third-order valence-electron chi connectivity index (χ3n) is 4.00. The van der Waals surface area contributed by atoms with Crippen molar-refractivity contribution in [2.24, 2.45) is 5.92 Å². The van der Waals surface area contributed by atoms with Crippen LogP contribution in [0.1, 0.15) is 30.4 Å². The smallest absolute Gasteiger partial charge is 0.340 e. The van der Waals surface area contributed by atoms with E-state index in [1.807, 2.05) is 19.1 Å². The number of nitriles is 1. The number of aryl methyl sites for hydroxylation is 1. The van der Waals surface area contributed by atoms with Gasteiger partial charge in [-0.05, 0) is 49.1 Å². The first-order chi connectivity index (χ1) is 12.0. The zero-order valence-corrected chi connectivity index (χ0v) is 14.8. The van der Waals surface area contributed by atoms with Crippen LogP contribution in [0.3, 0.4) is 0 Å². The topological polar surface area (TPSA) is 76.4 Å². The molecule has 0 saturated heterocycles. The fourth-order valence-electron chi connectivity index (χ4n) is 2.54. The Labute approximate surface area is 147 Å². The Morgan fingerprint density at radius 1 is 1.16 bits per heavy atom. The summed E-state index contributed by atoms with van der Waals surface area (Å²) in [4.78, 5) is -0.143. The first-order valence-electron chi connectivity index (χ1n) is 8.16. The van der Waals surface area contributed by atoms with E-state index in [9.17, 15) is 8.42 Å². The number of rotatable bonds is 7. The van der Waals surface area contributed by atoms with Gasteiger partial charge in [-0.15, -0.1) is 0 Å². The molecule has 0 unspecified atom stereocenters. The van der Waals surface area contributed by atoms with Crippen LogP contribution in [-0.2, 0) is 10.1 Å². The molecule has 2 aromatic rings. The maximum Gasteiger partial charge on any atom is 0.340 e. The van der Waals surface area contributed by atoms with Crippen molar-refractivity contribution in [3.05, 3.63) is 53.6 Å². The molecule has 130 valence electrons. The lowest BCUT2D eigenvalue weighted by molar-refractivity contribution is 0.301. The summed E-state index contributed by atoms with van der Waals surface area (Å²) < 4.78 is 36.0. The van der Waals surface area contributed by atoms with Crippen LogP contribution in [0.2, 0.25) is 0 Å². The molecule has 0 amide bonds. The van der Waals surface area contributed by atoms with Crippen LogP contribution in [0, 0.1) is 24.2 Å². The van der Waals surface area contributed by atoms with E-state index in [0.29, 0.717) is 12.4 Å². The highest BCUT2D eigenvalue weighted by Gasteiger charge is 2.22. The van der Waals surface area contributed by atoms with E-state index in [4.69, 9.17) is 14.2 Å². The minimum atomic E-state index is -4.09. The molecule has 5 nitrogen and oxygen atoms in total. The average molecular weight is 357 g/mol. The zero-order valence-electron chi connectivity index (χ0n) is 13.9. The zero-order chi connectivity index (χ0) is 17.9. The summed E-state index contributed by atoms with van der Waals surface area (Å²) >= 11 is 0. The molecule has 6 heteroatoms. The summed E-state index contributed by atoms with van der Waals surface area (Å²) in [5.41, 5.74) is 0.888. The molecule has 0 heterocycles. The number of benzene rings is 2. The second kappa shape index (κ2) is 7.16. The molecule has 0 N–H and O–H groups in total. The second-order valence-electron chi connectivity index (χ2n) is 6.21. The third kappa shape index (κ3) is 4.52. The van der Waals surface area contributed by atoms with Gasteiger partial charge in [0.2, 0.25) is 0 Å². The first-order valence-corrected chi connectivity index (χ1v) is 9.57. The lowest BCUT2D eigenvalue weighted by Gasteiger charge is -2.11. The summed E-state index contributed by atoms with van der Waals surface area (Å²) in [5.74, 6) is 1.52. The summed E-state index contributed by atoms with van der Waals surface area (Å²) in [5, 5.41) is 9.09. The molecule has 0 aromatic heterocycles. The van der Waals surface area contributed by atoms with Gasteiger partial charge in [0.25, 0.3) is 0 Å². The minimum absolute atomic E-state index is 0.0519. The Morgan fingerprint density at radius 3 is 2.60 bits per heavy atom. The monoisotopic (exact) mass is 357 g/mol. The number of nitrogens with zero attached hydrogens (tertiary/aromatic N) is 1. The SMILES string of the molecule is Cc1cc(OCCC2CC2)cc(OS(=O)(=O)c2ccccc2C#N)c1. The Balaban J connectivity index is 1.79. The van der Waals surface area contributed by atoms with Gasteiger partial charge in [-0.25, -0.2) is 0 Å². The molecule has 1 fully saturated rings. The summed E-state index contributed by atoms with van der Waals surface area (Å²) in [6, 6.07) is 12.9. The van der Waals surface area contributed by atoms with Crippen LogP contribution in [-0.4, -0.2) is 15.0 Å². The summed E-state index contributed by atoms with van der Waals surface area (Å²) in [7, 11) is -4.09. The van der Waals surface area contributed by atoms with Crippen molar-refractivity contribution in [1.82, 2.24) is 0 Å². The van der Waals surface area contributed by atoms with E-state index in [1.165, 1.54) is 25.0 Å². The van der Waals surface area contributed by atoms with Crippen molar-refractivity contribution in [3.8, 4) is 17.6 Å². The first kappa shape index (κ1) is 17.3. The minimum Gasteiger partial charge on any atom is -0.493 e. The fourth-order valence-corrected chi connectivity index (χ4v) is 3.61. The van der Waals surface area contributed by atoms with Crippen molar-refractivity contribution in [2.75, 3.05) is 6.61 Å². The largest absolute Gasteiger partial charge is 0.493 e. The van der Waals surface area contributed by atoms with Crippen LogP contribution in [0.15, 0.2) is 47.4 Å². The van der Waals surface area contributed by atoms with Gasteiger partial charge in [0, 0.05) is 6.07 Å². The fraction of sp³-hybridized carbons (Fsp3) is 0.316. The molecular weight excluding hydrogens is 338 g/mol. The number of ether oxygens (including phenoxy) is 1. The summed E-state index contributed by atoms with van der Waals surface area (Å²) in [6.45, 7) is 2.45. The van der Waals surface area contributed by atoms with E-state index in [1.54, 1.807) is 24.3 Å². The molecule has 2 aromatic carbocycles. The molecular formula is C19H19NO4S. The third-order valence-corrected chi connectivity index (χ3v) is 5.31. The molecule has 0 atom stereocenters. The Kier molecular flexibility index (Phi) is 4.95. The van der Waals surface area contributed by atoms with Gasteiger partial charge < -0.3 is 8.92 Å². The van der Waals surface area contributed by atoms with Crippen molar-refractivity contribution >= 4 is 10.1 Å². The van der Waals surface area contributed by atoms with Gasteiger partial charge in [-0.1, -0.05) is 25.0 Å².